The quantitative estimate of drug-likeness (QED) is 0.376. The molecule has 0 aliphatic carbocycles. The van der Waals surface area contributed by atoms with Gasteiger partial charge in [-0.05, 0) is 24.3 Å². The number of guanidine groups is 1. The number of carbonyl (C=O) groups excluding carboxylic acids is 1. The van der Waals surface area contributed by atoms with Crippen LogP contribution in [0.1, 0.15) is 0 Å². The lowest BCUT2D eigenvalue weighted by Crippen LogP contribution is -2.31. The number of nitrogens with one attached hydrogen (secondary N) is 2. The van der Waals surface area contributed by atoms with Crippen molar-refractivity contribution < 1.29 is 14.3 Å². The summed E-state index contributed by atoms with van der Waals surface area (Å²) in [7, 11) is 3.17. The molecule has 7 heteroatoms. The van der Waals surface area contributed by atoms with Crippen LogP contribution in [0.5, 0.6) is 5.75 Å². The number of rotatable bonds is 7. The Kier molecular flexibility index (Phi) is 6.91. The molecule has 1 rings (SSSR count). The Hall–Kier alpha value is -2.28. The Bertz CT molecular complexity index is 445. The van der Waals surface area contributed by atoms with E-state index in [0.29, 0.717) is 13.2 Å². The summed E-state index contributed by atoms with van der Waals surface area (Å²) in [5.74, 6) is 0.724. The summed E-state index contributed by atoms with van der Waals surface area (Å²) >= 11 is 0. The lowest BCUT2D eigenvalue weighted by atomic mass is 10.3. The van der Waals surface area contributed by atoms with Crippen molar-refractivity contribution in [3.05, 3.63) is 24.3 Å². The van der Waals surface area contributed by atoms with Gasteiger partial charge >= 0.3 is 0 Å². The number of nitrogens with two attached hydrogens (primary N) is 1. The number of benzene rings is 1. The van der Waals surface area contributed by atoms with Crippen LogP contribution in [0.15, 0.2) is 29.3 Å². The van der Waals surface area contributed by atoms with E-state index < -0.39 is 0 Å². The van der Waals surface area contributed by atoms with E-state index in [2.05, 4.69) is 15.6 Å². The second-order valence-corrected chi connectivity index (χ2v) is 3.90. The highest BCUT2D eigenvalue weighted by atomic mass is 16.5. The molecular formula is C13H20N4O3. The SMILES string of the molecule is COCCNC(=O)CN=C(N)Nc1ccc(OC)cc1. The molecule has 110 valence electrons. The fraction of sp³-hybridized carbons (Fsp3) is 0.385. The van der Waals surface area contributed by atoms with E-state index in [-0.39, 0.29) is 18.4 Å². The van der Waals surface area contributed by atoms with E-state index >= 15 is 0 Å². The van der Waals surface area contributed by atoms with Gasteiger partial charge < -0.3 is 25.8 Å². The zero-order valence-corrected chi connectivity index (χ0v) is 11.7. The summed E-state index contributed by atoms with van der Waals surface area (Å²) in [6.07, 6.45) is 0. The fourth-order valence-corrected chi connectivity index (χ4v) is 1.37. The number of aliphatic imine (C=N–C) groups is 1. The summed E-state index contributed by atoms with van der Waals surface area (Å²) in [4.78, 5) is 15.3. The third-order valence-electron chi connectivity index (χ3n) is 2.38. The van der Waals surface area contributed by atoms with Crippen LogP contribution in [0.25, 0.3) is 0 Å². The van der Waals surface area contributed by atoms with E-state index in [9.17, 15) is 4.79 Å². The van der Waals surface area contributed by atoms with Crippen molar-refractivity contribution in [2.45, 2.75) is 0 Å². The van der Waals surface area contributed by atoms with Crippen LogP contribution in [0.3, 0.4) is 0 Å². The van der Waals surface area contributed by atoms with Crippen molar-refractivity contribution in [2.24, 2.45) is 10.7 Å². The van der Waals surface area contributed by atoms with Crippen molar-refractivity contribution in [2.75, 3.05) is 39.2 Å². The maximum absolute atomic E-state index is 11.4. The average molecular weight is 280 g/mol. The van der Waals surface area contributed by atoms with Gasteiger partial charge in [-0.3, -0.25) is 4.79 Å². The summed E-state index contributed by atoms with van der Waals surface area (Å²) < 4.78 is 9.87. The minimum absolute atomic E-state index is 0.0291. The molecule has 20 heavy (non-hydrogen) atoms. The van der Waals surface area contributed by atoms with Gasteiger partial charge in [-0.2, -0.15) is 0 Å². The van der Waals surface area contributed by atoms with Gasteiger partial charge in [-0.25, -0.2) is 4.99 Å². The van der Waals surface area contributed by atoms with E-state index in [1.165, 1.54) is 0 Å². The Morgan fingerprint density at radius 2 is 2.00 bits per heavy atom. The molecule has 0 radical (unpaired) electrons. The third-order valence-corrected chi connectivity index (χ3v) is 2.38. The second kappa shape index (κ2) is 8.76. The fourth-order valence-electron chi connectivity index (χ4n) is 1.37. The molecule has 0 atom stereocenters. The third kappa shape index (κ3) is 6.05. The Morgan fingerprint density at radius 1 is 1.30 bits per heavy atom. The largest absolute Gasteiger partial charge is 0.497 e. The molecule has 1 aromatic rings. The number of anilines is 1. The summed E-state index contributed by atoms with van der Waals surface area (Å²) in [5.41, 5.74) is 6.45. The zero-order valence-electron chi connectivity index (χ0n) is 11.7. The van der Waals surface area contributed by atoms with Gasteiger partial charge in [0.15, 0.2) is 5.96 Å². The molecule has 0 saturated heterocycles. The highest BCUT2D eigenvalue weighted by Crippen LogP contribution is 2.14. The Morgan fingerprint density at radius 3 is 2.60 bits per heavy atom. The maximum atomic E-state index is 11.4. The molecule has 0 aliphatic rings. The van der Waals surface area contributed by atoms with Crippen molar-refractivity contribution in [3.8, 4) is 5.75 Å². The molecule has 0 unspecified atom stereocenters. The van der Waals surface area contributed by atoms with Gasteiger partial charge in [-0.1, -0.05) is 0 Å². The summed E-state index contributed by atoms with van der Waals surface area (Å²) in [5, 5.41) is 5.53. The van der Waals surface area contributed by atoms with Gasteiger partial charge in [0.1, 0.15) is 12.3 Å². The van der Waals surface area contributed by atoms with E-state index in [0.717, 1.165) is 11.4 Å². The molecule has 0 saturated carbocycles. The lowest BCUT2D eigenvalue weighted by Gasteiger charge is -2.07. The van der Waals surface area contributed by atoms with Crippen molar-refractivity contribution in [1.29, 1.82) is 0 Å². The minimum Gasteiger partial charge on any atom is -0.497 e. The smallest absolute Gasteiger partial charge is 0.241 e. The molecule has 1 amide bonds. The molecular weight excluding hydrogens is 260 g/mol. The monoisotopic (exact) mass is 280 g/mol. The predicted octanol–water partition coefficient (Wildman–Crippen LogP) is 0.184. The van der Waals surface area contributed by atoms with Gasteiger partial charge in [0, 0.05) is 19.3 Å². The van der Waals surface area contributed by atoms with Crippen LogP contribution < -0.4 is 21.1 Å². The lowest BCUT2D eigenvalue weighted by molar-refractivity contribution is -0.119. The van der Waals surface area contributed by atoms with Crippen molar-refractivity contribution in [3.63, 3.8) is 0 Å². The van der Waals surface area contributed by atoms with Crippen molar-refractivity contribution in [1.82, 2.24) is 5.32 Å². The summed E-state index contributed by atoms with van der Waals surface area (Å²) in [6, 6.07) is 7.21. The Labute approximate surface area is 118 Å². The molecule has 0 heterocycles. The van der Waals surface area contributed by atoms with Gasteiger partial charge in [0.2, 0.25) is 5.91 Å². The van der Waals surface area contributed by atoms with E-state index in [4.69, 9.17) is 15.2 Å². The number of ether oxygens (including phenoxy) is 2. The first-order chi connectivity index (χ1) is 9.65. The number of hydrogen-bond acceptors (Lipinski definition) is 4. The number of nitrogens with zero attached hydrogens (tertiary/aromatic N) is 1. The van der Waals surface area contributed by atoms with Crippen molar-refractivity contribution >= 4 is 17.6 Å². The van der Waals surface area contributed by atoms with E-state index in [1.807, 2.05) is 0 Å². The summed E-state index contributed by atoms with van der Waals surface area (Å²) in [6.45, 7) is 0.893. The first-order valence-corrected chi connectivity index (χ1v) is 6.12. The van der Waals surface area contributed by atoms with Crippen LogP contribution in [0.4, 0.5) is 5.69 Å². The number of carbonyl (C=O) groups is 1. The first-order valence-electron chi connectivity index (χ1n) is 6.12. The molecule has 1 aromatic carbocycles. The molecule has 0 aliphatic heterocycles. The maximum Gasteiger partial charge on any atom is 0.241 e. The van der Waals surface area contributed by atoms with Gasteiger partial charge in [-0.15, -0.1) is 0 Å². The highest BCUT2D eigenvalue weighted by molar-refractivity contribution is 5.93. The van der Waals surface area contributed by atoms with Crippen LogP contribution in [-0.2, 0) is 9.53 Å². The number of amides is 1. The Balaban J connectivity index is 2.38. The normalized spacial score (nSPS) is 11.0. The van der Waals surface area contributed by atoms with Crippen LogP contribution in [-0.4, -0.2) is 45.8 Å². The van der Waals surface area contributed by atoms with E-state index in [1.54, 1.807) is 38.5 Å². The van der Waals surface area contributed by atoms with Gasteiger partial charge in [0.25, 0.3) is 0 Å². The first kappa shape index (κ1) is 15.8. The topological polar surface area (TPSA) is 98.0 Å². The average Bonchev–Trinajstić information content (AvgIpc) is 2.46. The molecule has 0 bridgehead atoms. The molecule has 0 fully saturated rings. The van der Waals surface area contributed by atoms with Gasteiger partial charge in [0.05, 0.1) is 13.7 Å². The molecule has 0 spiro atoms. The highest BCUT2D eigenvalue weighted by Gasteiger charge is 2.00. The molecule has 7 nitrogen and oxygen atoms in total. The minimum atomic E-state index is -0.207. The van der Waals surface area contributed by atoms with Crippen LogP contribution in [0.2, 0.25) is 0 Å². The van der Waals surface area contributed by atoms with Crippen LogP contribution in [0, 0.1) is 0 Å². The second-order valence-electron chi connectivity index (χ2n) is 3.90. The number of hydrogen-bond donors (Lipinski definition) is 3. The molecule has 0 aromatic heterocycles. The zero-order chi connectivity index (χ0) is 14.8. The van der Waals surface area contributed by atoms with Crippen LogP contribution >= 0.6 is 0 Å². The number of methoxy groups -OCH3 is 2. The molecule has 4 N–H and O–H groups in total. The predicted molar refractivity (Wildman–Crippen MR) is 78.0 cm³/mol. The standard InChI is InChI=1S/C13H20N4O3/c1-19-8-7-15-12(18)9-16-13(14)17-10-3-5-11(20-2)6-4-10/h3-6H,7-9H2,1-2H3,(H,15,18)(H3,14,16,17).